The van der Waals surface area contributed by atoms with E-state index in [0.717, 1.165) is 0 Å². The molecule has 0 aliphatic carbocycles. The quantitative estimate of drug-likeness (QED) is 0.400. The van der Waals surface area contributed by atoms with E-state index >= 15 is 0 Å². The fourth-order valence-corrected chi connectivity index (χ4v) is 2.78. The number of rotatable bonds is 8. The Balaban J connectivity index is 4.06. The van der Waals surface area contributed by atoms with Gasteiger partial charge >= 0.3 is 14.8 Å². The van der Waals surface area contributed by atoms with Crippen molar-refractivity contribution in [3.05, 3.63) is 18.1 Å². The molecule has 0 spiro atoms. The van der Waals surface area contributed by atoms with Gasteiger partial charge in [0.25, 0.3) is 0 Å². The molecule has 6 heteroatoms. The standard InChI is InChI=1S/C10H19O5Si/c1-9(10(11)12)7-5-6-8-16(13-2,14-3)15-4/h5,7H,6,8H2,1-4H3,(H,11,12). The maximum atomic E-state index is 10.5. The molecule has 0 aromatic heterocycles. The Labute approximate surface area is 97.4 Å². The molecule has 0 heterocycles. The van der Waals surface area contributed by atoms with Crippen LogP contribution in [0.4, 0.5) is 0 Å². The summed E-state index contributed by atoms with van der Waals surface area (Å²) in [4.78, 5) is 10.5. The third-order valence-corrected chi connectivity index (χ3v) is 5.02. The van der Waals surface area contributed by atoms with Crippen LogP contribution in [0.15, 0.2) is 11.6 Å². The lowest BCUT2D eigenvalue weighted by Crippen LogP contribution is -2.42. The van der Waals surface area contributed by atoms with Crippen molar-refractivity contribution in [2.45, 2.75) is 19.4 Å². The van der Waals surface area contributed by atoms with Crippen molar-refractivity contribution in [1.29, 1.82) is 0 Å². The molecule has 0 atom stereocenters. The van der Waals surface area contributed by atoms with E-state index in [1.165, 1.54) is 0 Å². The van der Waals surface area contributed by atoms with Gasteiger partial charge < -0.3 is 18.4 Å². The van der Waals surface area contributed by atoms with Crippen LogP contribution in [0, 0.1) is 6.42 Å². The molecule has 0 saturated heterocycles. The third-order valence-electron chi connectivity index (χ3n) is 2.26. The highest BCUT2D eigenvalue weighted by molar-refractivity contribution is 6.60. The van der Waals surface area contributed by atoms with E-state index in [0.29, 0.717) is 18.0 Å². The third kappa shape index (κ3) is 4.89. The van der Waals surface area contributed by atoms with Crippen LogP contribution in [-0.4, -0.2) is 41.2 Å². The Bertz CT molecular complexity index is 239. The lowest BCUT2D eigenvalue weighted by molar-refractivity contribution is -0.132. The van der Waals surface area contributed by atoms with Gasteiger partial charge in [-0.05, 0) is 19.8 Å². The maximum Gasteiger partial charge on any atom is 0.500 e. The average molecular weight is 247 g/mol. The molecule has 0 amide bonds. The molecule has 0 unspecified atom stereocenters. The highest BCUT2D eigenvalue weighted by Crippen LogP contribution is 2.16. The molecular formula is C10H19O5Si. The molecule has 16 heavy (non-hydrogen) atoms. The lowest BCUT2D eigenvalue weighted by atomic mass is 10.2. The van der Waals surface area contributed by atoms with Crippen LogP contribution < -0.4 is 0 Å². The zero-order valence-electron chi connectivity index (χ0n) is 10.1. The summed E-state index contributed by atoms with van der Waals surface area (Å²) in [5, 5.41) is 8.63. The predicted octanol–water partition coefficient (Wildman–Crippen LogP) is 1.49. The highest BCUT2D eigenvalue weighted by atomic mass is 28.4. The first-order chi connectivity index (χ1) is 7.51. The summed E-state index contributed by atoms with van der Waals surface area (Å²) in [5.41, 5.74) is 0.305. The first kappa shape index (κ1) is 15.3. The monoisotopic (exact) mass is 247 g/mol. The number of aliphatic carboxylic acids is 1. The fraction of sp³-hybridized carbons (Fsp3) is 0.600. The molecule has 0 aromatic carbocycles. The molecule has 0 aliphatic heterocycles. The van der Waals surface area contributed by atoms with Crippen LogP contribution in [0.25, 0.3) is 0 Å². The van der Waals surface area contributed by atoms with Crippen LogP contribution in [0.3, 0.4) is 0 Å². The summed E-state index contributed by atoms with van der Waals surface area (Å²) >= 11 is 0. The Morgan fingerprint density at radius 2 is 1.75 bits per heavy atom. The summed E-state index contributed by atoms with van der Waals surface area (Å²) in [6.45, 7) is 1.55. The SMILES string of the molecule is CO[Si](CC[CH]C=C(C)C(=O)O)(OC)OC. The van der Waals surface area contributed by atoms with Gasteiger partial charge in [-0.3, -0.25) is 0 Å². The molecule has 0 aromatic rings. The summed E-state index contributed by atoms with van der Waals surface area (Å²) in [5.74, 6) is -0.912. The van der Waals surface area contributed by atoms with Crippen molar-refractivity contribution in [1.82, 2.24) is 0 Å². The van der Waals surface area contributed by atoms with E-state index in [4.69, 9.17) is 18.4 Å². The van der Waals surface area contributed by atoms with Gasteiger partial charge in [0.15, 0.2) is 0 Å². The van der Waals surface area contributed by atoms with E-state index in [9.17, 15) is 4.79 Å². The topological polar surface area (TPSA) is 65.0 Å². The number of allylic oxidation sites excluding steroid dienone is 1. The Morgan fingerprint density at radius 1 is 1.25 bits per heavy atom. The molecule has 5 nitrogen and oxygen atoms in total. The molecule has 1 radical (unpaired) electrons. The van der Waals surface area contributed by atoms with Gasteiger partial charge in [0, 0.05) is 32.9 Å². The second-order valence-electron chi connectivity index (χ2n) is 3.22. The van der Waals surface area contributed by atoms with E-state index in [1.54, 1.807) is 40.7 Å². The van der Waals surface area contributed by atoms with Gasteiger partial charge in [-0.15, -0.1) is 0 Å². The van der Waals surface area contributed by atoms with Gasteiger partial charge in [-0.2, -0.15) is 0 Å². The summed E-state index contributed by atoms with van der Waals surface area (Å²) in [6, 6.07) is 0.625. The second-order valence-corrected chi connectivity index (χ2v) is 6.32. The second kappa shape index (κ2) is 7.56. The van der Waals surface area contributed by atoms with Crippen LogP contribution in [0.1, 0.15) is 13.3 Å². The van der Waals surface area contributed by atoms with Crippen LogP contribution in [0.2, 0.25) is 6.04 Å². The van der Waals surface area contributed by atoms with Crippen LogP contribution >= 0.6 is 0 Å². The molecule has 0 saturated carbocycles. The molecule has 1 N–H and O–H groups in total. The minimum atomic E-state index is -2.52. The molecule has 0 bridgehead atoms. The minimum absolute atomic E-state index is 0.305. The van der Waals surface area contributed by atoms with Crippen molar-refractivity contribution >= 4 is 14.8 Å². The van der Waals surface area contributed by atoms with Crippen LogP contribution in [-0.2, 0) is 18.1 Å². The zero-order valence-corrected chi connectivity index (χ0v) is 11.1. The van der Waals surface area contributed by atoms with E-state index < -0.39 is 14.8 Å². The first-order valence-electron chi connectivity index (χ1n) is 4.90. The Morgan fingerprint density at radius 3 is 2.12 bits per heavy atom. The lowest BCUT2D eigenvalue weighted by Gasteiger charge is -2.23. The molecule has 0 aliphatic rings. The molecule has 0 fully saturated rings. The summed E-state index contributed by atoms with van der Waals surface area (Å²) < 4.78 is 15.7. The van der Waals surface area contributed by atoms with Crippen molar-refractivity contribution in [3.8, 4) is 0 Å². The predicted molar refractivity (Wildman–Crippen MR) is 61.9 cm³/mol. The minimum Gasteiger partial charge on any atom is -0.478 e. The molecule has 0 rings (SSSR count). The largest absolute Gasteiger partial charge is 0.500 e. The van der Waals surface area contributed by atoms with Crippen molar-refractivity contribution < 1.29 is 23.2 Å². The molecular weight excluding hydrogens is 228 g/mol. The van der Waals surface area contributed by atoms with Gasteiger partial charge in [-0.1, -0.05) is 6.08 Å². The number of carboxylic acid groups (broad SMARTS) is 1. The Hall–Kier alpha value is -0.693. The van der Waals surface area contributed by atoms with Crippen molar-refractivity contribution in [2.24, 2.45) is 0 Å². The number of unbranched alkanes of at least 4 members (excludes halogenated alkanes) is 1. The van der Waals surface area contributed by atoms with Crippen molar-refractivity contribution in [3.63, 3.8) is 0 Å². The Kier molecular flexibility index (Phi) is 7.23. The average Bonchev–Trinajstić information content (AvgIpc) is 2.30. The van der Waals surface area contributed by atoms with E-state index in [1.807, 2.05) is 0 Å². The summed E-state index contributed by atoms with van der Waals surface area (Å²) in [6.07, 6.45) is 4.01. The number of hydrogen-bond donors (Lipinski definition) is 1. The fourth-order valence-electron chi connectivity index (χ4n) is 1.15. The van der Waals surface area contributed by atoms with Gasteiger partial charge in [-0.25, -0.2) is 4.79 Å². The smallest absolute Gasteiger partial charge is 0.478 e. The van der Waals surface area contributed by atoms with Gasteiger partial charge in [0.1, 0.15) is 0 Å². The normalized spacial score (nSPS) is 12.9. The highest BCUT2D eigenvalue weighted by Gasteiger charge is 2.36. The number of hydrogen-bond acceptors (Lipinski definition) is 4. The molecule has 93 valence electrons. The van der Waals surface area contributed by atoms with Gasteiger partial charge in [0.2, 0.25) is 0 Å². The van der Waals surface area contributed by atoms with E-state index in [-0.39, 0.29) is 0 Å². The maximum absolute atomic E-state index is 10.5. The van der Waals surface area contributed by atoms with E-state index in [2.05, 4.69) is 0 Å². The zero-order chi connectivity index (χ0) is 12.6. The van der Waals surface area contributed by atoms with Crippen LogP contribution in [0.5, 0.6) is 0 Å². The summed E-state index contributed by atoms with van der Waals surface area (Å²) in [7, 11) is 2.13. The number of carbonyl (C=O) groups is 1. The van der Waals surface area contributed by atoms with Crippen molar-refractivity contribution in [2.75, 3.05) is 21.3 Å². The van der Waals surface area contributed by atoms with Gasteiger partial charge in [0.05, 0.1) is 0 Å². The first-order valence-corrected chi connectivity index (χ1v) is 6.83. The number of carboxylic acids is 1.